The van der Waals surface area contributed by atoms with Crippen LogP contribution in [0.15, 0.2) is 24.3 Å². The molecule has 0 aliphatic carbocycles. The Morgan fingerprint density at radius 3 is 2.29 bits per heavy atom. The predicted molar refractivity (Wildman–Crippen MR) is 79.0 cm³/mol. The van der Waals surface area contributed by atoms with E-state index in [0.29, 0.717) is 13.2 Å². The molecule has 6 heteroatoms. The first-order valence-corrected chi connectivity index (χ1v) is 7.07. The molecule has 116 valence electrons. The second-order valence-corrected chi connectivity index (χ2v) is 4.62. The lowest BCUT2D eigenvalue weighted by Gasteiger charge is -2.11. The third-order valence-corrected chi connectivity index (χ3v) is 2.95. The largest absolute Gasteiger partial charge is 0.465 e. The summed E-state index contributed by atoms with van der Waals surface area (Å²) in [6, 6.07) is 7.33. The van der Waals surface area contributed by atoms with Gasteiger partial charge in [0.25, 0.3) is 0 Å². The van der Waals surface area contributed by atoms with E-state index in [2.05, 4.69) is 17.6 Å². The average molecular weight is 294 g/mol. The van der Waals surface area contributed by atoms with E-state index in [9.17, 15) is 9.59 Å². The van der Waals surface area contributed by atoms with Crippen LogP contribution in [-0.2, 0) is 17.8 Å². The molecule has 0 bridgehead atoms. The summed E-state index contributed by atoms with van der Waals surface area (Å²) in [5, 5.41) is 13.6. The van der Waals surface area contributed by atoms with Crippen molar-refractivity contribution in [2.75, 3.05) is 6.61 Å². The third kappa shape index (κ3) is 7.20. The standard InChI is InChI=1S/C15H22N2O4/c1-2-3-6-9-21-15(20)17-11-13-8-5-4-7-12(13)10-16-14(18)19/h4-5,7-8,16H,2-3,6,9-11H2,1H3,(H,17,20)(H,18,19). The number of hydrogen-bond donors (Lipinski definition) is 3. The molecule has 1 aromatic carbocycles. The van der Waals surface area contributed by atoms with Crippen LogP contribution in [0, 0.1) is 0 Å². The van der Waals surface area contributed by atoms with Gasteiger partial charge in [-0.05, 0) is 17.5 Å². The van der Waals surface area contributed by atoms with Crippen molar-refractivity contribution in [3.05, 3.63) is 35.4 Å². The summed E-state index contributed by atoms with van der Waals surface area (Å²) in [5.74, 6) is 0. The Morgan fingerprint density at radius 1 is 1.10 bits per heavy atom. The number of alkyl carbamates (subject to hydrolysis) is 1. The number of rotatable bonds is 8. The van der Waals surface area contributed by atoms with Gasteiger partial charge in [-0.3, -0.25) is 0 Å². The minimum absolute atomic E-state index is 0.207. The summed E-state index contributed by atoms with van der Waals surface area (Å²) < 4.78 is 5.04. The molecule has 0 aliphatic heterocycles. The first-order valence-electron chi connectivity index (χ1n) is 7.07. The minimum atomic E-state index is -1.08. The van der Waals surface area contributed by atoms with Gasteiger partial charge in [0.05, 0.1) is 6.61 Å². The first kappa shape index (κ1) is 16.8. The van der Waals surface area contributed by atoms with Crippen LogP contribution >= 0.6 is 0 Å². The van der Waals surface area contributed by atoms with Crippen LogP contribution in [-0.4, -0.2) is 23.9 Å². The number of amides is 2. The molecule has 0 aliphatic rings. The first-order chi connectivity index (χ1) is 10.1. The lowest BCUT2D eigenvalue weighted by molar-refractivity contribution is 0.143. The molecule has 21 heavy (non-hydrogen) atoms. The van der Waals surface area contributed by atoms with Crippen LogP contribution in [0.4, 0.5) is 9.59 Å². The molecule has 0 fully saturated rings. The van der Waals surface area contributed by atoms with E-state index >= 15 is 0 Å². The molecule has 0 aromatic heterocycles. The molecule has 6 nitrogen and oxygen atoms in total. The quantitative estimate of drug-likeness (QED) is 0.643. The van der Waals surface area contributed by atoms with Crippen LogP contribution in [0.3, 0.4) is 0 Å². The number of carbonyl (C=O) groups is 2. The number of nitrogens with one attached hydrogen (secondary N) is 2. The van der Waals surface area contributed by atoms with Crippen molar-refractivity contribution in [3.63, 3.8) is 0 Å². The highest BCUT2D eigenvalue weighted by atomic mass is 16.5. The minimum Gasteiger partial charge on any atom is -0.465 e. The fourth-order valence-corrected chi connectivity index (χ4v) is 1.81. The zero-order chi connectivity index (χ0) is 15.5. The van der Waals surface area contributed by atoms with Gasteiger partial charge >= 0.3 is 12.2 Å². The van der Waals surface area contributed by atoms with Gasteiger partial charge in [0.15, 0.2) is 0 Å². The average Bonchev–Trinajstić information content (AvgIpc) is 2.48. The van der Waals surface area contributed by atoms with E-state index in [4.69, 9.17) is 9.84 Å². The van der Waals surface area contributed by atoms with Crippen molar-refractivity contribution in [2.45, 2.75) is 39.3 Å². The summed E-state index contributed by atoms with van der Waals surface area (Å²) in [7, 11) is 0. The van der Waals surface area contributed by atoms with Gasteiger partial charge in [-0.25, -0.2) is 9.59 Å². The number of carbonyl (C=O) groups excluding carboxylic acids is 1. The van der Waals surface area contributed by atoms with Gasteiger partial charge in [-0.15, -0.1) is 0 Å². The van der Waals surface area contributed by atoms with Gasteiger partial charge < -0.3 is 20.5 Å². The highest BCUT2D eigenvalue weighted by molar-refractivity contribution is 5.67. The molecular formula is C15H22N2O4. The van der Waals surface area contributed by atoms with E-state index < -0.39 is 12.2 Å². The molecule has 2 amide bonds. The molecule has 0 atom stereocenters. The van der Waals surface area contributed by atoms with Crippen molar-refractivity contribution < 1.29 is 19.4 Å². The number of unbranched alkanes of at least 4 members (excludes halogenated alkanes) is 2. The molecule has 1 aromatic rings. The van der Waals surface area contributed by atoms with Crippen molar-refractivity contribution in [1.29, 1.82) is 0 Å². The number of benzene rings is 1. The summed E-state index contributed by atoms with van der Waals surface area (Å²) in [4.78, 5) is 22.0. The van der Waals surface area contributed by atoms with E-state index in [1.807, 2.05) is 24.3 Å². The lowest BCUT2D eigenvalue weighted by Crippen LogP contribution is -2.26. The summed E-state index contributed by atoms with van der Waals surface area (Å²) in [6.45, 7) is 3.02. The van der Waals surface area contributed by atoms with Crippen molar-refractivity contribution in [1.82, 2.24) is 10.6 Å². The maximum Gasteiger partial charge on any atom is 0.407 e. The van der Waals surface area contributed by atoms with Crippen LogP contribution in [0.5, 0.6) is 0 Å². The van der Waals surface area contributed by atoms with Crippen molar-refractivity contribution in [2.24, 2.45) is 0 Å². The molecule has 0 heterocycles. The Balaban J connectivity index is 2.40. The fourth-order valence-electron chi connectivity index (χ4n) is 1.81. The van der Waals surface area contributed by atoms with Crippen molar-refractivity contribution in [3.8, 4) is 0 Å². The second-order valence-electron chi connectivity index (χ2n) is 4.62. The van der Waals surface area contributed by atoms with Gasteiger partial charge in [0.2, 0.25) is 0 Å². The van der Waals surface area contributed by atoms with E-state index in [0.717, 1.165) is 30.4 Å². The van der Waals surface area contributed by atoms with Gasteiger partial charge in [-0.1, -0.05) is 44.0 Å². The Bertz CT molecular complexity index is 463. The topological polar surface area (TPSA) is 87.7 Å². The maximum absolute atomic E-state index is 11.5. The molecule has 0 saturated heterocycles. The zero-order valence-corrected chi connectivity index (χ0v) is 12.2. The number of ether oxygens (including phenoxy) is 1. The van der Waals surface area contributed by atoms with Crippen LogP contribution in [0.25, 0.3) is 0 Å². The van der Waals surface area contributed by atoms with E-state index in [1.54, 1.807) is 0 Å². The molecule has 0 spiro atoms. The van der Waals surface area contributed by atoms with Gasteiger partial charge in [0, 0.05) is 13.1 Å². The predicted octanol–water partition coefficient (Wildman–Crippen LogP) is 2.87. The molecule has 0 saturated carbocycles. The normalized spacial score (nSPS) is 9.95. The Labute approximate surface area is 124 Å². The number of carboxylic acid groups (broad SMARTS) is 1. The van der Waals surface area contributed by atoms with Crippen LogP contribution in [0.2, 0.25) is 0 Å². The maximum atomic E-state index is 11.5. The van der Waals surface area contributed by atoms with E-state index in [-0.39, 0.29) is 6.54 Å². The Morgan fingerprint density at radius 2 is 1.71 bits per heavy atom. The lowest BCUT2D eigenvalue weighted by atomic mass is 10.1. The molecule has 0 radical (unpaired) electrons. The fraction of sp³-hybridized carbons (Fsp3) is 0.467. The highest BCUT2D eigenvalue weighted by Crippen LogP contribution is 2.08. The highest BCUT2D eigenvalue weighted by Gasteiger charge is 2.06. The summed E-state index contributed by atoms with van der Waals surface area (Å²) >= 11 is 0. The molecule has 1 rings (SSSR count). The van der Waals surface area contributed by atoms with Gasteiger partial charge in [-0.2, -0.15) is 0 Å². The SMILES string of the molecule is CCCCCOC(=O)NCc1ccccc1CNC(=O)O. The Kier molecular flexibility index (Phi) is 7.71. The third-order valence-electron chi connectivity index (χ3n) is 2.95. The van der Waals surface area contributed by atoms with Crippen molar-refractivity contribution >= 4 is 12.2 Å². The molecule has 3 N–H and O–H groups in total. The van der Waals surface area contributed by atoms with Gasteiger partial charge in [0.1, 0.15) is 0 Å². The smallest absolute Gasteiger partial charge is 0.407 e. The zero-order valence-electron chi connectivity index (χ0n) is 12.2. The summed E-state index contributed by atoms with van der Waals surface area (Å²) in [6.07, 6.45) is 1.45. The van der Waals surface area contributed by atoms with E-state index in [1.165, 1.54) is 0 Å². The molecule has 0 unspecified atom stereocenters. The second kappa shape index (κ2) is 9.63. The van der Waals surface area contributed by atoms with Crippen LogP contribution < -0.4 is 10.6 Å². The monoisotopic (exact) mass is 294 g/mol. The number of hydrogen-bond acceptors (Lipinski definition) is 3. The molecular weight excluding hydrogens is 272 g/mol. The summed E-state index contributed by atoms with van der Waals surface area (Å²) in [5.41, 5.74) is 1.68. The van der Waals surface area contributed by atoms with Crippen LogP contribution in [0.1, 0.15) is 37.3 Å². The Hall–Kier alpha value is -2.24.